The van der Waals surface area contributed by atoms with E-state index in [1.807, 2.05) is 19.9 Å². The number of rotatable bonds is 5. The summed E-state index contributed by atoms with van der Waals surface area (Å²) in [5.41, 5.74) is 1.63. The Labute approximate surface area is 149 Å². The fraction of sp³-hybridized carbons (Fsp3) is 0.353. The Morgan fingerprint density at radius 1 is 1.46 bits per heavy atom. The van der Waals surface area contributed by atoms with Crippen LogP contribution in [0.25, 0.3) is 0 Å². The molecule has 0 fully saturated rings. The van der Waals surface area contributed by atoms with E-state index in [0.717, 1.165) is 11.3 Å². The molecule has 1 atom stereocenters. The molecule has 7 heteroatoms. The van der Waals surface area contributed by atoms with Crippen molar-refractivity contribution in [2.24, 2.45) is 5.92 Å². The van der Waals surface area contributed by atoms with Crippen LogP contribution in [-0.2, 0) is 16.0 Å². The van der Waals surface area contributed by atoms with E-state index in [4.69, 9.17) is 11.6 Å². The third-order valence-corrected chi connectivity index (χ3v) is 4.81. The number of carbonyl (C=O) groups is 2. The van der Waals surface area contributed by atoms with E-state index in [1.54, 1.807) is 28.6 Å². The van der Waals surface area contributed by atoms with Gasteiger partial charge in [0.1, 0.15) is 6.04 Å². The van der Waals surface area contributed by atoms with Crippen LogP contribution in [0, 0.1) is 5.92 Å². The first-order valence-electron chi connectivity index (χ1n) is 7.76. The lowest BCUT2D eigenvalue weighted by Crippen LogP contribution is -2.46. The summed E-state index contributed by atoms with van der Waals surface area (Å²) in [5.74, 6) is -0.0248. The van der Waals surface area contributed by atoms with Gasteiger partial charge in [-0.1, -0.05) is 25.4 Å². The Kier molecular flexibility index (Phi) is 4.87. The zero-order valence-corrected chi connectivity index (χ0v) is 15.0. The van der Waals surface area contributed by atoms with Gasteiger partial charge in [0.2, 0.25) is 11.8 Å². The van der Waals surface area contributed by atoms with E-state index in [1.165, 1.54) is 11.3 Å². The number of nitrogens with zero attached hydrogens (tertiary/aromatic N) is 2. The van der Waals surface area contributed by atoms with Crippen LogP contribution >= 0.6 is 22.9 Å². The molecule has 0 bridgehead atoms. The molecular formula is C17H18ClN3O2S. The van der Waals surface area contributed by atoms with E-state index in [9.17, 15) is 9.59 Å². The number of hydrogen-bond donors (Lipinski definition) is 1. The van der Waals surface area contributed by atoms with E-state index in [2.05, 4.69) is 10.3 Å². The fourth-order valence-corrected chi connectivity index (χ4v) is 3.63. The highest BCUT2D eigenvalue weighted by Crippen LogP contribution is 2.34. The summed E-state index contributed by atoms with van der Waals surface area (Å²) < 4.78 is 0. The summed E-state index contributed by atoms with van der Waals surface area (Å²) >= 11 is 7.38. The summed E-state index contributed by atoms with van der Waals surface area (Å²) in [7, 11) is 0. The van der Waals surface area contributed by atoms with Crippen molar-refractivity contribution in [1.82, 2.24) is 4.98 Å². The molecule has 3 rings (SSSR count). The largest absolute Gasteiger partial charge is 0.300 e. The number of thiazole rings is 1. The third kappa shape index (κ3) is 3.44. The summed E-state index contributed by atoms with van der Waals surface area (Å²) in [6, 6.07) is 4.78. The summed E-state index contributed by atoms with van der Waals surface area (Å²) in [6.07, 6.45) is 2.48. The van der Waals surface area contributed by atoms with Crippen molar-refractivity contribution in [2.75, 3.05) is 10.2 Å². The number of halogens is 1. The molecule has 24 heavy (non-hydrogen) atoms. The molecule has 5 nitrogen and oxygen atoms in total. The molecule has 1 aliphatic rings. The number of amides is 2. The third-order valence-electron chi connectivity index (χ3n) is 3.88. The first kappa shape index (κ1) is 16.9. The number of benzene rings is 1. The first-order valence-corrected chi connectivity index (χ1v) is 9.02. The lowest BCUT2D eigenvalue weighted by Gasteiger charge is -2.28. The van der Waals surface area contributed by atoms with Crippen molar-refractivity contribution in [1.29, 1.82) is 0 Å². The first-order chi connectivity index (χ1) is 11.5. The maximum Gasteiger partial charge on any atom is 0.249 e. The Morgan fingerprint density at radius 2 is 2.25 bits per heavy atom. The average Bonchev–Trinajstić information content (AvgIpc) is 3.11. The van der Waals surface area contributed by atoms with Gasteiger partial charge in [0.15, 0.2) is 5.13 Å². The van der Waals surface area contributed by atoms with Crippen molar-refractivity contribution >= 4 is 45.6 Å². The molecule has 0 saturated carbocycles. The number of hydrogen-bond acceptors (Lipinski definition) is 4. The summed E-state index contributed by atoms with van der Waals surface area (Å²) in [6.45, 7) is 4.07. The minimum Gasteiger partial charge on any atom is -0.300 e. The van der Waals surface area contributed by atoms with Gasteiger partial charge in [0.25, 0.3) is 0 Å². The molecule has 2 amide bonds. The van der Waals surface area contributed by atoms with Gasteiger partial charge in [-0.15, -0.1) is 11.3 Å². The predicted octanol–water partition coefficient (Wildman–Crippen LogP) is 3.74. The standard InChI is InChI=1S/C17H18ClN3O2S/c1-10(2)7-14(16(23)20-17-19-5-6-24-17)21-13-4-3-12(18)8-11(13)9-15(21)22/h3-6,8,10,14H,7,9H2,1-2H3,(H,19,20,23). The quantitative estimate of drug-likeness (QED) is 0.880. The number of carbonyl (C=O) groups excluding carboxylic acids is 2. The Hall–Kier alpha value is -1.92. The maximum absolute atomic E-state index is 12.8. The molecule has 1 aliphatic heterocycles. The summed E-state index contributed by atoms with van der Waals surface area (Å²) in [4.78, 5) is 31.0. The van der Waals surface area contributed by atoms with Gasteiger partial charge in [-0.3, -0.25) is 14.5 Å². The van der Waals surface area contributed by atoms with Crippen molar-refractivity contribution < 1.29 is 9.59 Å². The van der Waals surface area contributed by atoms with Crippen LogP contribution in [-0.4, -0.2) is 22.8 Å². The monoisotopic (exact) mass is 363 g/mol. The van der Waals surface area contributed by atoms with Gasteiger partial charge in [0.05, 0.1) is 6.42 Å². The van der Waals surface area contributed by atoms with Gasteiger partial charge in [-0.05, 0) is 36.1 Å². The molecule has 0 saturated heterocycles. The number of fused-ring (bicyclic) bond motifs is 1. The molecule has 1 unspecified atom stereocenters. The summed E-state index contributed by atoms with van der Waals surface area (Å²) in [5, 5.41) is 5.74. The lowest BCUT2D eigenvalue weighted by molar-refractivity contribution is -0.123. The Balaban J connectivity index is 1.91. The van der Waals surface area contributed by atoms with Gasteiger partial charge in [-0.2, -0.15) is 0 Å². The zero-order valence-electron chi connectivity index (χ0n) is 13.5. The smallest absolute Gasteiger partial charge is 0.249 e. The van der Waals surface area contributed by atoms with Crippen molar-refractivity contribution in [3.05, 3.63) is 40.4 Å². The van der Waals surface area contributed by atoms with Crippen molar-refractivity contribution in [2.45, 2.75) is 32.7 Å². The minimum atomic E-state index is -0.566. The number of anilines is 2. The van der Waals surface area contributed by atoms with Gasteiger partial charge in [-0.25, -0.2) is 4.98 Å². The van der Waals surface area contributed by atoms with Gasteiger partial charge in [0, 0.05) is 22.3 Å². The molecular weight excluding hydrogens is 346 g/mol. The van der Waals surface area contributed by atoms with E-state index in [0.29, 0.717) is 16.6 Å². The van der Waals surface area contributed by atoms with Gasteiger partial charge >= 0.3 is 0 Å². The minimum absolute atomic E-state index is 0.0767. The average molecular weight is 364 g/mol. The van der Waals surface area contributed by atoms with Crippen LogP contribution in [0.2, 0.25) is 5.02 Å². The van der Waals surface area contributed by atoms with Crippen molar-refractivity contribution in [3.8, 4) is 0 Å². The normalized spacial score (nSPS) is 14.8. The fourth-order valence-electron chi connectivity index (χ4n) is 2.90. The molecule has 2 aromatic rings. The second-order valence-corrected chi connectivity index (χ2v) is 7.52. The van der Waals surface area contributed by atoms with Crippen molar-refractivity contribution in [3.63, 3.8) is 0 Å². The van der Waals surface area contributed by atoms with Crippen LogP contribution in [0.1, 0.15) is 25.8 Å². The van der Waals surface area contributed by atoms with E-state index >= 15 is 0 Å². The van der Waals surface area contributed by atoms with Crippen LogP contribution in [0.4, 0.5) is 10.8 Å². The second kappa shape index (κ2) is 6.91. The SMILES string of the molecule is CC(C)CC(C(=O)Nc1nccs1)N1C(=O)Cc2cc(Cl)ccc21. The Bertz CT molecular complexity index is 761. The highest BCUT2D eigenvalue weighted by atomic mass is 35.5. The lowest BCUT2D eigenvalue weighted by atomic mass is 10.0. The van der Waals surface area contributed by atoms with Crippen LogP contribution < -0.4 is 10.2 Å². The van der Waals surface area contributed by atoms with E-state index < -0.39 is 6.04 Å². The molecule has 0 aliphatic carbocycles. The molecule has 0 radical (unpaired) electrons. The second-order valence-electron chi connectivity index (χ2n) is 6.19. The Morgan fingerprint density at radius 3 is 2.92 bits per heavy atom. The van der Waals surface area contributed by atoms with E-state index in [-0.39, 0.29) is 24.2 Å². The maximum atomic E-state index is 12.8. The highest BCUT2D eigenvalue weighted by molar-refractivity contribution is 7.13. The zero-order chi connectivity index (χ0) is 17.3. The number of nitrogens with one attached hydrogen (secondary N) is 1. The molecule has 0 spiro atoms. The van der Waals surface area contributed by atoms with Crippen LogP contribution in [0.5, 0.6) is 0 Å². The topological polar surface area (TPSA) is 62.3 Å². The predicted molar refractivity (Wildman–Crippen MR) is 96.6 cm³/mol. The number of aromatic nitrogens is 1. The molecule has 1 aromatic carbocycles. The molecule has 1 aromatic heterocycles. The van der Waals surface area contributed by atoms with Crippen LogP contribution in [0.3, 0.4) is 0 Å². The highest BCUT2D eigenvalue weighted by Gasteiger charge is 2.37. The van der Waals surface area contributed by atoms with Gasteiger partial charge < -0.3 is 5.32 Å². The molecule has 1 N–H and O–H groups in total. The molecule has 126 valence electrons. The van der Waals surface area contributed by atoms with Crippen LogP contribution in [0.15, 0.2) is 29.8 Å². The molecule has 2 heterocycles.